The van der Waals surface area contributed by atoms with Crippen LogP contribution in [0.4, 0.5) is 0 Å². The van der Waals surface area contributed by atoms with Crippen molar-refractivity contribution in [3.05, 3.63) is 41.0 Å². The molecule has 0 bridgehead atoms. The summed E-state index contributed by atoms with van der Waals surface area (Å²) in [5.41, 5.74) is 4.12. The van der Waals surface area contributed by atoms with E-state index in [0.29, 0.717) is 0 Å². The van der Waals surface area contributed by atoms with Gasteiger partial charge in [-0.25, -0.2) is 9.78 Å². The van der Waals surface area contributed by atoms with Crippen molar-refractivity contribution in [3.8, 4) is 10.4 Å². The molecule has 0 aliphatic carbocycles. The molecule has 1 aromatic carbocycles. The van der Waals surface area contributed by atoms with E-state index in [1.165, 1.54) is 4.90 Å². The maximum absolute atomic E-state index is 13.8. The minimum absolute atomic E-state index is 0.00633. The molecule has 1 aliphatic heterocycles. The van der Waals surface area contributed by atoms with Crippen molar-refractivity contribution in [2.24, 2.45) is 11.3 Å². The SMILES string of the molecule is Cc1ncsc1-c1ccc([C@H](C)NC(=O)[C@@H]2C[C@@H](O)CN2C(=O)[C@@H](CC(=O)COCCOCC(=O)O)C(C)(C)C)cc1. The molecule has 1 aliphatic rings. The quantitative estimate of drug-likeness (QED) is 0.276. The highest BCUT2D eigenvalue weighted by Crippen LogP contribution is 2.34. The monoisotopic (exact) mass is 603 g/mol. The summed E-state index contributed by atoms with van der Waals surface area (Å²) in [5.74, 6) is -2.86. The van der Waals surface area contributed by atoms with Crippen LogP contribution >= 0.6 is 11.3 Å². The third-order valence-corrected chi connectivity index (χ3v) is 8.26. The molecule has 2 aromatic rings. The number of nitrogens with zero attached hydrogens (tertiary/aromatic N) is 2. The number of nitrogens with one attached hydrogen (secondary N) is 1. The Bertz CT molecular complexity index is 1240. The average molecular weight is 604 g/mol. The van der Waals surface area contributed by atoms with E-state index in [1.54, 1.807) is 16.8 Å². The van der Waals surface area contributed by atoms with Gasteiger partial charge in [-0.3, -0.25) is 14.4 Å². The number of aliphatic carboxylic acids is 1. The predicted molar refractivity (Wildman–Crippen MR) is 157 cm³/mol. The van der Waals surface area contributed by atoms with Crippen LogP contribution in [0.15, 0.2) is 29.8 Å². The Morgan fingerprint density at radius 3 is 2.33 bits per heavy atom. The van der Waals surface area contributed by atoms with Crippen LogP contribution in [0.3, 0.4) is 0 Å². The van der Waals surface area contributed by atoms with Gasteiger partial charge in [0.2, 0.25) is 11.8 Å². The van der Waals surface area contributed by atoms with Gasteiger partial charge in [-0.2, -0.15) is 0 Å². The van der Waals surface area contributed by atoms with Crippen molar-refractivity contribution in [3.63, 3.8) is 0 Å². The van der Waals surface area contributed by atoms with E-state index < -0.39 is 36.1 Å². The minimum atomic E-state index is -1.09. The maximum Gasteiger partial charge on any atom is 0.329 e. The zero-order valence-electron chi connectivity index (χ0n) is 24.8. The fourth-order valence-corrected chi connectivity index (χ4v) is 5.73. The van der Waals surface area contributed by atoms with E-state index in [4.69, 9.17) is 14.6 Å². The number of Topliss-reactive ketones (excluding diaryl/α,β-unsaturated/α-hetero) is 1. The lowest BCUT2D eigenvalue weighted by molar-refractivity contribution is -0.147. The molecule has 0 spiro atoms. The third-order valence-electron chi connectivity index (χ3n) is 7.28. The molecule has 0 radical (unpaired) electrons. The molecule has 1 fully saturated rings. The maximum atomic E-state index is 13.8. The Balaban J connectivity index is 1.62. The van der Waals surface area contributed by atoms with Crippen LogP contribution in [-0.2, 0) is 28.7 Å². The van der Waals surface area contributed by atoms with Crippen LogP contribution in [0.1, 0.15) is 57.8 Å². The molecule has 2 amide bonds. The number of carbonyl (C=O) groups excluding carboxylic acids is 3. The average Bonchev–Trinajstić information content (AvgIpc) is 3.53. The second kappa shape index (κ2) is 14.8. The van der Waals surface area contributed by atoms with Gasteiger partial charge in [0.05, 0.1) is 41.4 Å². The number of carbonyl (C=O) groups is 4. The highest BCUT2D eigenvalue weighted by Gasteiger charge is 2.44. The van der Waals surface area contributed by atoms with E-state index in [-0.39, 0.29) is 62.8 Å². The van der Waals surface area contributed by atoms with E-state index in [2.05, 4.69) is 10.3 Å². The topological polar surface area (TPSA) is 155 Å². The molecule has 1 saturated heterocycles. The van der Waals surface area contributed by atoms with Crippen LogP contribution in [0.5, 0.6) is 0 Å². The number of ketones is 1. The number of amides is 2. The van der Waals surface area contributed by atoms with Gasteiger partial charge in [0.15, 0.2) is 5.78 Å². The highest BCUT2D eigenvalue weighted by atomic mass is 32.1. The molecule has 3 rings (SSSR count). The van der Waals surface area contributed by atoms with Crippen LogP contribution in [-0.4, -0.2) is 88.8 Å². The number of rotatable bonds is 14. The number of hydrogen-bond acceptors (Lipinski definition) is 9. The zero-order chi connectivity index (χ0) is 31.0. The normalized spacial score (nSPS) is 18.5. The van der Waals surface area contributed by atoms with Gasteiger partial charge >= 0.3 is 5.97 Å². The summed E-state index contributed by atoms with van der Waals surface area (Å²) in [5, 5.41) is 22.0. The molecule has 2 heterocycles. The lowest BCUT2D eigenvalue weighted by atomic mass is 9.77. The van der Waals surface area contributed by atoms with Crippen molar-refractivity contribution in [2.75, 3.05) is 33.0 Å². The first-order valence-electron chi connectivity index (χ1n) is 14.0. The van der Waals surface area contributed by atoms with E-state index >= 15 is 0 Å². The van der Waals surface area contributed by atoms with Crippen molar-refractivity contribution in [2.45, 2.75) is 65.6 Å². The number of benzene rings is 1. The molecule has 42 heavy (non-hydrogen) atoms. The standard InChI is InChI=1S/C30H41N3O8S/c1-18(20-6-8-21(9-7-20)27-19(2)31-17-42-27)32-28(38)25-13-22(34)14-33(25)29(39)24(30(3,4)5)12-23(35)15-40-10-11-41-16-26(36)37/h6-9,17-18,22,24-25,34H,10-16H2,1-5H3,(H,32,38)(H,36,37)/t18-,22+,24+,25-/m0/s1. The summed E-state index contributed by atoms with van der Waals surface area (Å²) in [7, 11) is 0. The number of hydrogen-bond donors (Lipinski definition) is 3. The van der Waals surface area contributed by atoms with Crippen LogP contribution in [0, 0.1) is 18.3 Å². The molecule has 4 atom stereocenters. The molecule has 12 heteroatoms. The molecule has 0 unspecified atom stereocenters. The van der Waals surface area contributed by atoms with Gasteiger partial charge in [0, 0.05) is 25.3 Å². The molecule has 0 saturated carbocycles. The number of carboxylic acid groups (broad SMARTS) is 1. The largest absolute Gasteiger partial charge is 0.480 e. The second-order valence-electron chi connectivity index (χ2n) is 11.7. The van der Waals surface area contributed by atoms with Gasteiger partial charge in [0.25, 0.3) is 0 Å². The first-order valence-corrected chi connectivity index (χ1v) is 14.8. The molecular weight excluding hydrogens is 562 g/mol. The Hall–Kier alpha value is -3.19. The number of β-amino-alcohol motifs (C(OH)–C–C–N with tert-alkyl or cyclic N) is 1. The second-order valence-corrected chi connectivity index (χ2v) is 12.5. The van der Waals surface area contributed by atoms with Crippen LogP contribution < -0.4 is 5.32 Å². The smallest absolute Gasteiger partial charge is 0.329 e. The Morgan fingerprint density at radius 1 is 1.12 bits per heavy atom. The zero-order valence-corrected chi connectivity index (χ0v) is 25.6. The summed E-state index contributed by atoms with van der Waals surface area (Å²) in [6.07, 6.45) is -0.841. The Morgan fingerprint density at radius 2 is 1.76 bits per heavy atom. The summed E-state index contributed by atoms with van der Waals surface area (Å²) in [6, 6.07) is 6.69. The van der Waals surface area contributed by atoms with Crippen molar-refractivity contribution < 1.29 is 38.9 Å². The van der Waals surface area contributed by atoms with Crippen molar-refractivity contribution in [1.29, 1.82) is 0 Å². The number of ether oxygens (including phenoxy) is 2. The van der Waals surface area contributed by atoms with Gasteiger partial charge < -0.3 is 29.9 Å². The van der Waals surface area contributed by atoms with Gasteiger partial charge in [-0.15, -0.1) is 11.3 Å². The summed E-state index contributed by atoms with van der Waals surface area (Å²) in [6.45, 7) is 8.76. The minimum Gasteiger partial charge on any atom is -0.480 e. The fraction of sp³-hybridized carbons (Fsp3) is 0.567. The molecule has 1 aromatic heterocycles. The molecule has 230 valence electrons. The first-order chi connectivity index (χ1) is 19.8. The predicted octanol–water partition coefficient (Wildman–Crippen LogP) is 3.00. The number of likely N-dealkylation sites (tertiary alicyclic amines) is 1. The molecule has 3 N–H and O–H groups in total. The number of aromatic nitrogens is 1. The lowest BCUT2D eigenvalue weighted by Crippen LogP contribution is -2.50. The van der Waals surface area contributed by atoms with Crippen LogP contribution in [0.2, 0.25) is 0 Å². The molecule has 11 nitrogen and oxygen atoms in total. The van der Waals surface area contributed by atoms with Gasteiger partial charge in [-0.1, -0.05) is 45.0 Å². The van der Waals surface area contributed by atoms with E-state index in [1.807, 2.05) is 58.9 Å². The summed E-state index contributed by atoms with van der Waals surface area (Å²) >= 11 is 1.57. The Labute approximate surface area is 250 Å². The van der Waals surface area contributed by atoms with Gasteiger partial charge in [-0.05, 0) is 30.4 Å². The summed E-state index contributed by atoms with van der Waals surface area (Å²) in [4.78, 5) is 57.1. The third kappa shape index (κ3) is 9.15. The van der Waals surface area contributed by atoms with Gasteiger partial charge in [0.1, 0.15) is 19.3 Å². The lowest BCUT2D eigenvalue weighted by Gasteiger charge is -2.35. The Kier molecular flexibility index (Phi) is 11.7. The van der Waals surface area contributed by atoms with E-state index in [9.17, 15) is 24.3 Å². The number of aliphatic hydroxyl groups excluding tert-OH is 1. The number of aliphatic hydroxyl groups is 1. The van der Waals surface area contributed by atoms with Crippen molar-refractivity contribution >= 4 is 34.9 Å². The first kappa shape index (κ1) is 33.3. The van der Waals surface area contributed by atoms with Crippen molar-refractivity contribution in [1.82, 2.24) is 15.2 Å². The number of carboxylic acids is 1. The fourth-order valence-electron chi connectivity index (χ4n) is 4.91. The molecular formula is C30H41N3O8S. The van der Waals surface area contributed by atoms with Crippen LogP contribution in [0.25, 0.3) is 10.4 Å². The highest BCUT2D eigenvalue weighted by molar-refractivity contribution is 7.13. The number of thiazole rings is 1. The number of aryl methyl sites for hydroxylation is 1. The van der Waals surface area contributed by atoms with E-state index in [0.717, 1.165) is 21.7 Å². The summed E-state index contributed by atoms with van der Waals surface area (Å²) < 4.78 is 10.2.